The van der Waals surface area contributed by atoms with Crippen LogP contribution in [-0.4, -0.2) is 37.1 Å². The van der Waals surface area contributed by atoms with Gasteiger partial charge in [0.15, 0.2) is 17.3 Å². The maximum absolute atomic E-state index is 14.8. The molecule has 2 bridgehead atoms. The zero-order chi connectivity index (χ0) is 21.9. The first kappa shape index (κ1) is 20.3. The molecular weight excluding hydrogens is 402 g/mol. The molecule has 4 fully saturated rings. The summed E-state index contributed by atoms with van der Waals surface area (Å²) in [5.41, 5.74) is 0.422. The molecule has 31 heavy (non-hydrogen) atoms. The van der Waals surface area contributed by atoms with Crippen LogP contribution in [0.5, 0.6) is 0 Å². The Balaban J connectivity index is 1.33. The smallest absolute Gasteiger partial charge is 0.298 e. The average Bonchev–Trinajstić information content (AvgIpc) is 3.09. The Hall–Kier alpha value is -2.64. The van der Waals surface area contributed by atoms with Crippen molar-refractivity contribution in [1.29, 1.82) is 0 Å². The molecule has 1 aromatic carbocycles. The van der Waals surface area contributed by atoms with Crippen LogP contribution in [0.3, 0.4) is 0 Å². The monoisotopic (exact) mass is 430 g/mol. The van der Waals surface area contributed by atoms with Gasteiger partial charge in [-0.05, 0) is 36.8 Å². The van der Waals surface area contributed by atoms with E-state index in [1.165, 1.54) is 12.1 Å². The Kier molecular flexibility index (Phi) is 4.71. The largest absolute Gasteiger partial charge is 0.428 e. The van der Waals surface area contributed by atoms with Gasteiger partial charge in [0.25, 0.3) is 11.9 Å². The Morgan fingerprint density at radius 3 is 2.32 bits per heavy atom. The van der Waals surface area contributed by atoms with Gasteiger partial charge in [0.05, 0.1) is 0 Å². The number of nitrogens with one attached hydrogen (secondary N) is 1. The molecule has 4 aliphatic rings. The molecule has 4 heterocycles. The van der Waals surface area contributed by atoms with E-state index in [0.29, 0.717) is 43.1 Å². The van der Waals surface area contributed by atoms with Crippen LogP contribution in [0.1, 0.15) is 49.9 Å². The summed E-state index contributed by atoms with van der Waals surface area (Å²) in [6.45, 7) is 9.15. The Morgan fingerprint density at radius 1 is 1.16 bits per heavy atom. The van der Waals surface area contributed by atoms with Gasteiger partial charge in [0.2, 0.25) is 0 Å². The summed E-state index contributed by atoms with van der Waals surface area (Å²) in [5, 5.41) is 2.59. The summed E-state index contributed by atoms with van der Waals surface area (Å²) in [4.78, 5) is 21.0. The van der Waals surface area contributed by atoms with E-state index in [1.807, 2.05) is 11.8 Å². The molecule has 6 nitrogen and oxygen atoms in total. The first-order valence-electron chi connectivity index (χ1n) is 11.0. The van der Waals surface area contributed by atoms with Crippen molar-refractivity contribution in [2.24, 2.45) is 17.3 Å². The Morgan fingerprint density at radius 2 is 1.77 bits per heavy atom. The number of benzene rings is 1. The zero-order valence-corrected chi connectivity index (χ0v) is 18.2. The van der Waals surface area contributed by atoms with Crippen LogP contribution in [-0.2, 0) is 6.42 Å². The van der Waals surface area contributed by atoms with Crippen molar-refractivity contribution in [2.75, 3.05) is 41.3 Å². The Labute approximate surface area is 180 Å². The van der Waals surface area contributed by atoms with Gasteiger partial charge >= 0.3 is 0 Å². The summed E-state index contributed by atoms with van der Waals surface area (Å²) in [6, 6.07) is 2.78. The van der Waals surface area contributed by atoms with E-state index in [2.05, 4.69) is 24.1 Å². The molecule has 3 saturated heterocycles. The van der Waals surface area contributed by atoms with Crippen LogP contribution >= 0.6 is 0 Å². The number of amides is 1. The number of piperidine rings is 2. The highest BCUT2D eigenvalue weighted by atomic mass is 19.1. The maximum atomic E-state index is 14.8. The SMILES string of the molecule is CCc1oc(N2CC(C)(C)C2)nc1C(=O)Nc1cc(F)c(N2CC3CC(C3)C2)c(F)c1. The van der Waals surface area contributed by atoms with Gasteiger partial charge in [-0.3, -0.25) is 4.79 Å². The summed E-state index contributed by atoms with van der Waals surface area (Å²) >= 11 is 0. The molecule has 1 saturated carbocycles. The lowest BCUT2D eigenvalue weighted by atomic mass is 9.71. The second kappa shape index (κ2) is 7.21. The van der Waals surface area contributed by atoms with Crippen molar-refractivity contribution in [3.8, 4) is 0 Å². The third kappa shape index (κ3) is 3.66. The topological polar surface area (TPSA) is 61.6 Å². The predicted molar refractivity (Wildman–Crippen MR) is 115 cm³/mol. The zero-order valence-electron chi connectivity index (χ0n) is 18.2. The number of nitrogens with zero attached hydrogens (tertiary/aromatic N) is 3. The van der Waals surface area contributed by atoms with E-state index >= 15 is 0 Å². The van der Waals surface area contributed by atoms with Crippen LogP contribution in [0.25, 0.3) is 0 Å². The molecule has 2 aromatic rings. The molecule has 0 radical (unpaired) electrons. The van der Waals surface area contributed by atoms with E-state index in [1.54, 1.807) is 4.90 Å². The fourth-order valence-electron chi connectivity index (χ4n) is 5.20. The normalized spacial score (nSPS) is 23.9. The van der Waals surface area contributed by atoms with Crippen LogP contribution < -0.4 is 15.1 Å². The minimum atomic E-state index is -0.657. The quantitative estimate of drug-likeness (QED) is 0.759. The molecule has 0 spiro atoms. The van der Waals surface area contributed by atoms with Gasteiger partial charge in [0, 0.05) is 43.7 Å². The van der Waals surface area contributed by atoms with Gasteiger partial charge in [-0.25, -0.2) is 8.78 Å². The number of hydrogen-bond acceptors (Lipinski definition) is 5. The lowest BCUT2D eigenvalue weighted by Gasteiger charge is -2.48. The van der Waals surface area contributed by atoms with Crippen molar-refractivity contribution in [3.05, 3.63) is 35.2 Å². The van der Waals surface area contributed by atoms with E-state index in [0.717, 1.165) is 25.9 Å². The molecule has 1 aliphatic carbocycles. The number of halogens is 2. The second-order valence-corrected chi connectivity index (χ2v) is 9.99. The van der Waals surface area contributed by atoms with Crippen LogP contribution in [0, 0.1) is 28.9 Å². The number of anilines is 3. The first-order valence-corrected chi connectivity index (χ1v) is 11.0. The number of aromatic nitrogens is 1. The van der Waals surface area contributed by atoms with Gasteiger partial charge in [0.1, 0.15) is 11.4 Å². The van der Waals surface area contributed by atoms with Crippen molar-refractivity contribution >= 4 is 23.3 Å². The summed E-state index contributed by atoms with van der Waals surface area (Å²) in [7, 11) is 0. The van der Waals surface area contributed by atoms with Crippen molar-refractivity contribution in [1.82, 2.24) is 4.98 Å². The van der Waals surface area contributed by atoms with Crippen molar-refractivity contribution in [2.45, 2.75) is 40.0 Å². The number of hydrogen-bond donors (Lipinski definition) is 1. The molecule has 0 unspecified atom stereocenters. The number of carbonyl (C=O) groups excluding carboxylic acids is 1. The maximum Gasteiger partial charge on any atom is 0.298 e. The lowest BCUT2D eigenvalue weighted by Crippen LogP contribution is -2.53. The third-order valence-corrected chi connectivity index (χ3v) is 6.61. The highest BCUT2D eigenvalue weighted by Gasteiger charge is 2.39. The summed E-state index contributed by atoms with van der Waals surface area (Å²) in [5.74, 6) is -0.322. The average molecular weight is 430 g/mol. The summed E-state index contributed by atoms with van der Waals surface area (Å²) < 4.78 is 35.4. The van der Waals surface area contributed by atoms with E-state index in [9.17, 15) is 13.6 Å². The van der Waals surface area contributed by atoms with Crippen molar-refractivity contribution in [3.63, 3.8) is 0 Å². The molecule has 3 aliphatic heterocycles. The molecule has 8 heteroatoms. The number of carbonyl (C=O) groups is 1. The number of rotatable bonds is 5. The fourth-order valence-corrected chi connectivity index (χ4v) is 5.20. The molecule has 6 rings (SSSR count). The molecule has 166 valence electrons. The number of fused-ring (bicyclic) bond motifs is 2. The van der Waals surface area contributed by atoms with Crippen LogP contribution in [0.15, 0.2) is 16.5 Å². The first-order chi connectivity index (χ1) is 14.7. The lowest BCUT2D eigenvalue weighted by molar-refractivity contribution is 0.102. The minimum absolute atomic E-state index is 0.00534. The second-order valence-electron chi connectivity index (χ2n) is 9.99. The molecule has 1 amide bonds. The molecule has 1 aromatic heterocycles. The predicted octanol–water partition coefficient (Wildman–Crippen LogP) is 4.46. The van der Waals surface area contributed by atoms with Crippen LogP contribution in [0.2, 0.25) is 0 Å². The standard InChI is InChI=1S/C23H28F2N4O2/c1-4-18-19(27-22(31-18)29-11-23(2,3)12-29)21(30)26-15-7-16(24)20(17(25)8-15)28-9-13-5-14(6-13)10-28/h7-8,13-14H,4-6,9-12H2,1-3H3,(H,26,30). The highest BCUT2D eigenvalue weighted by Crippen LogP contribution is 2.42. The van der Waals surface area contributed by atoms with Crippen molar-refractivity contribution < 1.29 is 18.0 Å². The number of oxazole rings is 1. The van der Waals surface area contributed by atoms with E-state index < -0.39 is 17.5 Å². The van der Waals surface area contributed by atoms with Gasteiger partial charge in [-0.2, -0.15) is 4.98 Å². The molecule has 1 N–H and O–H groups in total. The van der Waals surface area contributed by atoms with Gasteiger partial charge in [-0.1, -0.05) is 20.8 Å². The van der Waals surface area contributed by atoms with Gasteiger partial charge in [-0.15, -0.1) is 0 Å². The minimum Gasteiger partial charge on any atom is -0.428 e. The van der Waals surface area contributed by atoms with E-state index in [4.69, 9.17) is 4.42 Å². The van der Waals surface area contributed by atoms with E-state index in [-0.39, 0.29) is 22.5 Å². The van der Waals surface area contributed by atoms with Crippen LogP contribution in [0.4, 0.5) is 26.2 Å². The Bertz CT molecular complexity index is 988. The third-order valence-electron chi connectivity index (χ3n) is 6.61. The number of aryl methyl sites for hydroxylation is 1. The fraction of sp³-hybridized carbons (Fsp3) is 0.565. The molecule has 0 atom stereocenters. The summed E-state index contributed by atoms with van der Waals surface area (Å²) in [6.07, 6.45) is 2.80. The highest BCUT2D eigenvalue weighted by molar-refractivity contribution is 6.03. The molecular formula is C23H28F2N4O2. The van der Waals surface area contributed by atoms with Gasteiger partial charge < -0.3 is 19.5 Å².